The minimum atomic E-state index is -1.37. The number of carbonyl (C=O) groups is 1. The topological polar surface area (TPSA) is 70.0 Å². The molecule has 3 unspecified atom stereocenters. The van der Waals surface area contributed by atoms with E-state index >= 15 is 0 Å². The Balaban J connectivity index is 2.75. The summed E-state index contributed by atoms with van der Waals surface area (Å²) in [5.41, 5.74) is -1.37. The molecule has 0 aromatic carbocycles. The zero-order valence-corrected chi connectivity index (χ0v) is 11.7. The van der Waals surface area contributed by atoms with Crippen LogP contribution in [0.4, 0.5) is 0 Å². The summed E-state index contributed by atoms with van der Waals surface area (Å²) in [7, 11) is 1.57. The average Bonchev–Trinajstić information content (AvgIpc) is 2.57. The normalized spacial score (nSPS) is 27.6. The van der Waals surface area contributed by atoms with Crippen molar-refractivity contribution in [3.05, 3.63) is 0 Å². The molecular formula is C13H25NO4. The van der Waals surface area contributed by atoms with E-state index in [1.165, 1.54) is 0 Å². The van der Waals surface area contributed by atoms with Crippen LogP contribution >= 0.6 is 0 Å². The van der Waals surface area contributed by atoms with Crippen molar-refractivity contribution < 1.29 is 19.7 Å². The number of nitrogens with zero attached hydrogens (tertiary/aromatic N) is 1. The highest BCUT2D eigenvalue weighted by Crippen LogP contribution is 2.25. The quantitative estimate of drug-likeness (QED) is 0.749. The van der Waals surface area contributed by atoms with Crippen LogP contribution in [0.5, 0.6) is 0 Å². The number of β-amino-alcohol motifs (C(OH)–C–C–N with tert-alkyl or cyclic N) is 1. The third-order valence-electron chi connectivity index (χ3n) is 3.28. The zero-order valence-electron chi connectivity index (χ0n) is 11.7. The molecule has 0 aromatic rings. The summed E-state index contributed by atoms with van der Waals surface area (Å²) in [6.07, 6.45) is 0.402. The van der Waals surface area contributed by atoms with E-state index < -0.39 is 11.7 Å². The highest BCUT2D eigenvalue weighted by molar-refractivity contribution is 5.85. The molecule has 1 fully saturated rings. The largest absolute Gasteiger partial charge is 0.391 e. The Hall–Kier alpha value is -0.650. The first-order valence-corrected chi connectivity index (χ1v) is 6.48. The molecule has 2 N–H and O–H groups in total. The number of likely N-dealkylation sites (tertiary alicyclic amines) is 1. The van der Waals surface area contributed by atoms with Crippen LogP contribution < -0.4 is 0 Å². The summed E-state index contributed by atoms with van der Waals surface area (Å²) in [5, 5.41) is 19.9. The van der Waals surface area contributed by atoms with Gasteiger partial charge in [-0.05, 0) is 25.7 Å². The summed E-state index contributed by atoms with van der Waals surface area (Å²) in [4.78, 5) is 13.9. The molecule has 0 bridgehead atoms. The van der Waals surface area contributed by atoms with Crippen LogP contribution in [-0.2, 0) is 9.53 Å². The van der Waals surface area contributed by atoms with E-state index in [1.807, 2.05) is 13.8 Å². The Morgan fingerprint density at radius 2 is 2.17 bits per heavy atom. The SMILES string of the molecule is COCC1CC(O)CN1C(=O)C(C)(O)CC(C)C. The van der Waals surface area contributed by atoms with Crippen molar-refractivity contribution in [2.24, 2.45) is 5.92 Å². The van der Waals surface area contributed by atoms with Gasteiger partial charge in [-0.25, -0.2) is 0 Å². The Morgan fingerprint density at radius 1 is 1.56 bits per heavy atom. The van der Waals surface area contributed by atoms with Crippen LogP contribution in [-0.4, -0.2) is 59.0 Å². The van der Waals surface area contributed by atoms with Gasteiger partial charge >= 0.3 is 0 Å². The standard InChI is InChI=1S/C13H25NO4/c1-9(2)6-13(3,17)12(16)14-7-11(15)5-10(14)8-18-4/h9-11,15,17H,5-8H2,1-4H3. The summed E-state index contributed by atoms with van der Waals surface area (Å²) in [6, 6.07) is -0.142. The van der Waals surface area contributed by atoms with Crippen LogP contribution in [0.15, 0.2) is 0 Å². The van der Waals surface area contributed by atoms with E-state index in [9.17, 15) is 15.0 Å². The molecule has 0 spiro atoms. The van der Waals surface area contributed by atoms with Crippen molar-refractivity contribution in [1.82, 2.24) is 4.90 Å². The molecule has 1 aliphatic rings. The molecule has 5 nitrogen and oxygen atoms in total. The maximum Gasteiger partial charge on any atom is 0.254 e. The third kappa shape index (κ3) is 3.67. The molecule has 0 radical (unpaired) electrons. The smallest absolute Gasteiger partial charge is 0.254 e. The molecule has 1 amide bonds. The lowest BCUT2D eigenvalue weighted by Crippen LogP contribution is -2.50. The van der Waals surface area contributed by atoms with Crippen molar-refractivity contribution in [3.63, 3.8) is 0 Å². The minimum Gasteiger partial charge on any atom is -0.391 e. The number of carbonyl (C=O) groups excluding carboxylic acids is 1. The second-order valence-electron chi connectivity index (χ2n) is 5.83. The fraction of sp³-hybridized carbons (Fsp3) is 0.923. The van der Waals surface area contributed by atoms with Gasteiger partial charge in [-0.1, -0.05) is 13.8 Å². The first-order chi connectivity index (χ1) is 8.27. The number of hydrogen-bond acceptors (Lipinski definition) is 4. The van der Waals surface area contributed by atoms with E-state index in [4.69, 9.17) is 4.74 Å². The molecule has 18 heavy (non-hydrogen) atoms. The lowest BCUT2D eigenvalue weighted by molar-refractivity contribution is -0.153. The van der Waals surface area contributed by atoms with E-state index in [2.05, 4.69) is 0 Å². The average molecular weight is 259 g/mol. The van der Waals surface area contributed by atoms with Gasteiger partial charge in [0, 0.05) is 13.7 Å². The number of amides is 1. The number of aliphatic hydroxyl groups excluding tert-OH is 1. The van der Waals surface area contributed by atoms with Gasteiger partial charge in [-0.15, -0.1) is 0 Å². The Bertz CT molecular complexity index is 291. The molecular weight excluding hydrogens is 234 g/mol. The maximum absolute atomic E-state index is 12.3. The summed E-state index contributed by atoms with van der Waals surface area (Å²) in [5.74, 6) is -0.0767. The van der Waals surface area contributed by atoms with Gasteiger partial charge in [-0.3, -0.25) is 4.79 Å². The van der Waals surface area contributed by atoms with E-state index in [0.717, 1.165) is 0 Å². The lowest BCUT2D eigenvalue weighted by atomic mass is 9.92. The van der Waals surface area contributed by atoms with E-state index in [-0.39, 0.29) is 24.4 Å². The Labute approximate surface area is 109 Å². The minimum absolute atomic E-state index is 0.142. The Morgan fingerprint density at radius 3 is 2.67 bits per heavy atom. The Kier molecular flexibility index (Phi) is 5.13. The van der Waals surface area contributed by atoms with Gasteiger partial charge in [0.1, 0.15) is 5.60 Å². The lowest BCUT2D eigenvalue weighted by Gasteiger charge is -2.32. The van der Waals surface area contributed by atoms with Crippen LogP contribution in [0.1, 0.15) is 33.6 Å². The zero-order chi connectivity index (χ0) is 13.9. The molecule has 3 atom stereocenters. The van der Waals surface area contributed by atoms with E-state index in [0.29, 0.717) is 19.4 Å². The number of rotatable bonds is 5. The highest BCUT2D eigenvalue weighted by Gasteiger charge is 2.42. The number of aliphatic hydroxyl groups is 2. The van der Waals surface area contributed by atoms with Crippen molar-refractivity contribution in [3.8, 4) is 0 Å². The second kappa shape index (κ2) is 5.99. The third-order valence-corrected chi connectivity index (χ3v) is 3.28. The van der Waals surface area contributed by atoms with Gasteiger partial charge in [-0.2, -0.15) is 0 Å². The molecule has 1 heterocycles. The number of hydrogen-bond donors (Lipinski definition) is 2. The monoisotopic (exact) mass is 259 g/mol. The fourth-order valence-corrected chi connectivity index (χ4v) is 2.68. The highest BCUT2D eigenvalue weighted by atomic mass is 16.5. The van der Waals surface area contributed by atoms with E-state index in [1.54, 1.807) is 18.9 Å². The summed E-state index contributed by atoms with van der Waals surface area (Å²) >= 11 is 0. The molecule has 5 heteroatoms. The van der Waals surface area contributed by atoms with Crippen molar-refractivity contribution >= 4 is 5.91 Å². The molecule has 1 saturated heterocycles. The molecule has 0 aromatic heterocycles. The van der Waals surface area contributed by atoms with Gasteiger partial charge in [0.25, 0.3) is 5.91 Å². The van der Waals surface area contributed by atoms with Crippen molar-refractivity contribution in [1.29, 1.82) is 0 Å². The number of ether oxygens (including phenoxy) is 1. The first kappa shape index (κ1) is 15.4. The van der Waals surface area contributed by atoms with Crippen LogP contribution in [0.25, 0.3) is 0 Å². The molecule has 1 rings (SSSR count). The molecule has 1 aliphatic heterocycles. The van der Waals surface area contributed by atoms with Crippen LogP contribution in [0, 0.1) is 5.92 Å². The summed E-state index contributed by atoms with van der Waals surface area (Å²) in [6.45, 7) is 6.14. The molecule has 0 aliphatic carbocycles. The second-order valence-corrected chi connectivity index (χ2v) is 5.83. The van der Waals surface area contributed by atoms with Gasteiger partial charge in [0.05, 0.1) is 18.8 Å². The van der Waals surface area contributed by atoms with Gasteiger partial charge in [0.15, 0.2) is 0 Å². The van der Waals surface area contributed by atoms with Gasteiger partial charge < -0.3 is 19.8 Å². The predicted molar refractivity (Wildman–Crippen MR) is 68.1 cm³/mol. The fourth-order valence-electron chi connectivity index (χ4n) is 2.68. The van der Waals surface area contributed by atoms with Crippen LogP contribution in [0.2, 0.25) is 0 Å². The van der Waals surface area contributed by atoms with Crippen LogP contribution in [0.3, 0.4) is 0 Å². The first-order valence-electron chi connectivity index (χ1n) is 6.48. The van der Waals surface area contributed by atoms with Crippen molar-refractivity contribution in [2.75, 3.05) is 20.3 Å². The number of methoxy groups -OCH3 is 1. The van der Waals surface area contributed by atoms with Gasteiger partial charge in [0.2, 0.25) is 0 Å². The maximum atomic E-state index is 12.3. The van der Waals surface area contributed by atoms with Crippen molar-refractivity contribution in [2.45, 2.75) is 51.4 Å². The summed E-state index contributed by atoms with van der Waals surface area (Å²) < 4.78 is 5.06. The predicted octanol–water partition coefficient (Wildman–Crippen LogP) is 0.392. The molecule has 106 valence electrons. The molecule has 0 saturated carbocycles.